The Morgan fingerprint density at radius 1 is 0.938 bits per heavy atom. The SMILES string of the molecule is C[C@@H]1CN(C(=O)OC(C)(C)C)CCN1c1nc(Cl)nc2c1CCN(C(=O)OC(C)(C)C)C2. The van der Waals surface area contributed by atoms with Gasteiger partial charge in [0.2, 0.25) is 5.28 Å². The number of hydrogen-bond donors (Lipinski definition) is 0. The Bertz CT molecular complexity index is 880. The van der Waals surface area contributed by atoms with Crippen LogP contribution in [0, 0.1) is 0 Å². The van der Waals surface area contributed by atoms with E-state index in [1.54, 1.807) is 9.80 Å². The van der Waals surface area contributed by atoms with Gasteiger partial charge >= 0.3 is 12.2 Å². The topological polar surface area (TPSA) is 88.1 Å². The van der Waals surface area contributed by atoms with Crippen molar-refractivity contribution in [3.63, 3.8) is 0 Å². The van der Waals surface area contributed by atoms with Gasteiger partial charge in [0, 0.05) is 37.8 Å². The van der Waals surface area contributed by atoms with Gasteiger partial charge in [-0.25, -0.2) is 19.6 Å². The van der Waals surface area contributed by atoms with E-state index in [1.807, 2.05) is 41.5 Å². The molecule has 2 amide bonds. The van der Waals surface area contributed by atoms with E-state index in [0.29, 0.717) is 39.1 Å². The summed E-state index contributed by atoms with van der Waals surface area (Å²) in [6.07, 6.45) is -0.0568. The Hall–Kier alpha value is -2.29. The molecule has 3 rings (SSSR count). The maximum Gasteiger partial charge on any atom is 0.410 e. The first-order valence-electron chi connectivity index (χ1n) is 11.0. The maximum atomic E-state index is 12.5. The molecule has 1 atom stereocenters. The first-order valence-corrected chi connectivity index (χ1v) is 11.4. The standard InChI is InChI=1S/C22H34ClN5O4/c1-14-12-27(20(30)32-22(5,6)7)10-11-28(14)17-15-8-9-26(19(29)31-21(2,3)4)13-16(15)24-18(23)25-17/h14H,8-13H2,1-7H3/t14-/m1/s1. The second kappa shape index (κ2) is 8.92. The number of rotatable bonds is 1. The molecule has 178 valence electrons. The van der Waals surface area contributed by atoms with Crippen molar-refractivity contribution < 1.29 is 19.1 Å². The number of hydrogen-bond acceptors (Lipinski definition) is 7. The molecule has 10 heteroatoms. The van der Waals surface area contributed by atoms with Gasteiger partial charge in [-0.3, -0.25) is 0 Å². The summed E-state index contributed by atoms with van der Waals surface area (Å²) in [4.78, 5) is 39.5. The lowest BCUT2D eigenvalue weighted by Gasteiger charge is -2.42. The average Bonchev–Trinajstić information content (AvgIpc) is 2.64. The van der Waals surface area contributed by atoms with Crippen molar-refractivity contribution in [1.82, 2.24) is 19.8 Å². The highest BCUT2D eigenvalue weighted by Crippen LogP contribution is 2.31. The molecule has 9 nitrogen and oxygen atoms in total. The van der Waals surface area contributed by atoms with Gasteiger partial charge in [0.05, 0.1) is 12.2 Å². The Kier molecular flexibility index (Phi) is 6.79. The number of carbonyl (C=O) groups excluding carboxylic acids is 2. The molecule has 1 aromatic rings. The summed E-state index contributed by atoms with van der Waals surface area (Å²) in [5.41, 5.74) is 0.636. The van der Waals surface area contributed by atoms with Crippen molar-refractivity contribution in [2.75, 3.05) is 31.1 Å². The lowest BCUT2D eigenvalue weighted by Crippen LogP contribution is -2.55. The lowest BCUT2D eigenvalue weighted by atomic mass is 10.0. The summed E-state index contributed by atoms with van der Waals surface area (Å²) in [5.74, 6) is 0.778. The first-order chi connectivity index (χ1) is 14.7. The summed E-state index contributed by atoms with van der Waals surface area (Å²) >= 11 is 6.27. The van der Waals surface area contributed by atoms with Gasteiger partial charge in [-0.05, 0) is 66.5 Å². The summed E-state index contributed by atoms with van der Waals surface area (Å²) < 4.78 is 11.0. The van der Waals surface area contributed by atoms with Crippen molar-refractivity contribution in [2.24, 2.45) is 0 Å². The molecular formula is C22H34ClN5O4. The number of ether oxygens (including phenoxy) is 2. The molecule has 1 aromatic heterocycles. The van der Waals surface area contributed by atoms with E-state index in [1.165, 1.54) is 0 Å². The zero-order valence-electron chi connectivity index (χ0n) is 20.1. The van der Waals surface area contributed by atoms with E-state index < -0.39 is 11.2 Å². The predicted molar refractivity (Wildman–Crippen MR) is 122 cm³/mol. The lowest BCUT2D eigenvalue weighted by molar-refractivity contribution is 0.0214. The summed E-state index contributed by atoms with van der Waals surface area (Å²) in [7, 11) is 0. The minimum Gasteiger partial charge on any atom is -0.444 e. The van der Waals surface area contributed by atoms with Gasteiger partial charge in [0.1, 0.15) is 17.0 Å². The molecule has 0 spiro atoms. The summed E-state index contributed by atoms with van der Waals surface area (Å²) in [5, 5.41) is 0.145. The van der Waals surface area contributed by atoms with Crippen LogP contribution >= 0.6 is 11.6 Å². The van der Waals surface area contributed by atoms with Crippen molar-refractivity contribution >= 4 is 29.6 Å². The number of nitrogens with zero attached hydrogens (tertiary/aromatic N) is 5. The third kappa shape index (κ3) is 5.94. The molecular weight excluding hydrogens is 434 g/mol. The molecule has 0 aliphatic carbocycles. The third-order valence-corrected chi connectivity index (χ3v) is 5.39. The van der Waals surface area contributed by atoms with E-state index >= 15 is 0 Å². The van der Waals surface area contributed by atoms with E-state index in [9.17, 15) is 9.59 Å². The number of aromatic nitrogens is 2. The van der Waals surface area contributed by atoms with E-state index in [0.717, 1.165) is 17.1 Å². The molecule has 0 radical (unpaired) electrons. The highest BCUT2D eigenvalue weighted by molar-refractivity contribution is 6.28. The largest absolute Gasteiger partial charge is 0.444 e. The van der Waals surface area contributed by atoms with Crippen LogP contribution in [0.3, 0.4) is 0 Å². The second-order valence-electron chi connectivity index (χ2n) is 10.4. The van der Waals surface area contributed by atoms with Crippen molar-refractivity contribution in [3.8, 4) is 0 Å². The average molecular weight is 468 g/mol. The molecule has 1 saturated heterocycles. The molecule has 32 heavy (non-hydrogen) atoms. The van der Waals surface area contributed by atoms with Gasteiger partial charge in [0.15, 0.2) is 0 Å². The molecule has 0 bridgehead atoms. The number of piperazine rings is 1. The Labute approximate surface area is 195 Å². The van der Waals surface area contributed by atoms with Crippen LogP contribution in [-0.2, 0) is 22.4 Å². The highest BCUT2D eigenvalue weighted by Gasteiger charge is 2.34. The molecule has 2 aliphatic rings. The second-order valence-corrected chi connectivity index (χ2v) is 10.7. The van der Waals surface area contributed by atoms with E-state index in [4.69, 9.17) is 21.1 Å². The van der Waals surface area contributed by atoms with Crippen molar-refractivity contribution in [2.45, 2.75) is 78.7 Å². The number of fused-ring (bicyclic) bond motifs is 1. The molecule has 0 N–H and O–H groups in total. The van der Waals surface area contributed by atoms with Gasteiger partial charge in [-0.2, -0.15) is 0 Å². The zero-order chi connectivity index (χ0) is 23.8. The molecule has 0 saturated carbocycles. The van der Waals surface area contributed by atoms with Crippen molar-refractivity contribution in [1.29, 1.82) is 0 Å². The smallest absolute Gasteiger partial charge is 0.410 e. The van der Waals surface area contributed by atoms with Crippen LogP contribution in [0.4, 0.5) is 15.4 Å². The van der Waals surface area contributed by atoms with E-state index in [-0.39, 0.29) is 23.5 Å². The monoisotopic (exact) mass is 467 g/mol. The van der Waals surface area contributed by atoms with Crippen LogP contribution in [-0.4, -0.2) is 75.4 Å². The number of amides is 2. The quantitative estimate of drug-likeness (QED) is 0.579. The molecule has 2 aliphatic heterocycles. The van der Waals surface area contributed by atoms with Crippen LogP contribution < -0.4 is 4.90 Å². The molecule has 0 aromatic carbocycles. The van der Waals surface area contributed by atoms with Crippen molar-refractivity contribution in [3.05, 3.63) is 16.5 Å². The predicted octanol–water partition coefficient (Wildman–Crippen LogP) is 3.87. The van der Waals surface area contributed by atoms with Gasteiger partial charge in [-0.1, -0.05) is 0 Å². The Balaban J connectivity index is 1.75. The van der Waals surface area contributed by atoms with Gasteiger partial charge in [-0.15, -0.1) is 0 Å². The van der Waals surface area contributed by atoms with E-state index in [2.05, 4.69) is 21.8 Å². The minimum atomic E-state index is -0.560. The molecule has 3 heterocycles. The van der Waals surface area contributed by atoms with Gasteiger partial charge in [0.25, 0.3) is 0 Å². The fourth-order valence-corrected chi connectivity index (χ4v) is 4.05. The summed E-state index contributed by atoms with van der Waals surface area (Å²) in [6.45, 7) is 15.7. The minimum absolute atomic E-state index is 0.0234. The number of halogens is 1. The normalized spacial score (nSPS) is 19.5. The Morgan fingerprint density at radius 2 is 1.53 bits per heavy atom. The first kappa shape index (κ1) is 24.4. The fraction of sp³-hybridized carbons (Fsp3) is 0.727. The zero-order valence-corrected chi connectivity index (χ0v) is 20.8. The molecule has 0 unspecified atom stereocenters. The number of carbonyl (C=O) groups is 2. The molecule has 1 fully saturated rings. The number of anilines is 1. The fourth-order valence-electron chi connectivity index (χ4n) is 3.87. The Morgan fingerprint density at radius 3 is 2.09 bits per heavy atom. The van der Waals surface area contributed by atoms with Crippen LogP contribution in [0.1, 0.15) is 59.7 Å². The maximum absolute atomic E-state index is 12.5. The van der Waals surface area contributed by atoms with Crippen LogP contribution in [0.2, 0.25) is 5.28 Å². The highest BCUT2D eigenvalue weighted by atomic mass is 35.5. The van der Waals surface area contributed by atoms with Gasteiger partial charge < -0.3 is 24.2 Å². The summed E-state index contributed by atoms with van der Waals surface area (Å²) in [6, 6.07) is 0.0234. The van der Waals surface area contributed by atoms with Crippen LogP contribution in [0.25, 0.3) is 0 Å². The van der Waals surface area contributed by atoms with Crippen LogP contribution in [0.5, 0.6) is 0 Å². The van der Waals surface area contributed by atoms with Crippen LogP contribution in [0.15, 0.2) is 0 Å². The third-order valence-electron chi connectivity index (χ3n) is 5.22.